The van der Waals surface area contributed by atoms with E-state index in [0.29, 0.717) is 12.5 Å². The molecule has 0 fully saturated rings. The molecule has 0 aliphatic carbocycles. The molecule has 0 unspecified atom stereocenters. The molecule has 1 amide bonds. The van der Waals surface area contributed by atoms with Crippen molar-refractivity contribution in [1.29, 1.82) is 0 Å². The summed E-state index contributed by atoms with van der Waals surface area (Å²) in [6.45, 7) is 8.79. The number of anilines is 1. The van der Waals surface area contributed by atoms with Gasteiger partial charge in [-0.15, -0.1) is 0 Å². The van der Waals surface area contributed by atoms with Crippen LogP contribution in [0.3, 0.4) is 0 Å². The molecule has 106 valence electrons. The van der Waals surface area contributed by atoms with Crippen LogP contribution in [0, 0.1) is 0 Å². The molecule has 0 aliphatic heterocycles. The van der Waals surface area contributed by atoms with Crippen LogP contribution < -0.4 is 15.4 Å². The molecular formula is C14H23N3O2. The van der Waals surface area contributed by atoms with Crippen molar-refractivity contribution in [3.05, 3.63) is 18.3 Å². The van der Waals surface area contributed by atoms with E-state index in [9.17, 15) is 4.79 Å². The summed E-state index contributed by atoms with van der Waals surface area (Å²) in [5.74, 6) is 0.561. The molecule has 0 atom stereocenters. The Kier molecular flexibility index (Phi) is 5.60. The van der Waals surface area contributed by atoms with Crippen molar-refractivity contribution in [2.24, 2.45) is 0 Å². The number of hydrogen-bond donors (Lipinski definition) is 2. The molecule has 0 aliphatic rings. The van der Waals surface area contributed by atoms with E-state index < -0.39 is 0 Å². The molecular weight excluding hydrogens is 242 g/mol. The topological polar surface area (TPSA) is 63.2 Å². The Labute approximate surface area is 114 Å². The van der Waals surface area contributed by atoms with Crippen LogP contribution in [0.1, 0.15) is 34.1 Å². The summed E-state index contributed by atoms with van der Waals surface area (Å²) in [5.41, 5.74) is 0.628. The lowest BCUT2D eigenvalue weighted by Gasteiger charge is -2.24. The predicted molar refractivity (Wildman–Crippen MR) is 76.4 cm³/mol. The number of rotatable bonds is 7. The van der Waals surface area contributed by atoms with Gasteiger partial charge in [0.1, 0.15) is 0 Å². The SMILES string of the molecule is CCOc1ccc(NCC(=O)NC(C)(C)CC)cn1. The zero-order chi connectivity index (χ0) is 14.3. The number of nitrogens with one attached hydrogen (secondary N) is 2. The van der Waals surface area contributed by atoms with Crippen molar-refractivity contribution >= 4 is 11.6 Å². The fraction of sp³-hybridized carbons (Fsp3) is 0.571. The number of nitrogens with zero attached hydrogens (tertiary/aromatic N) is 1. The fourth-order valence-corrected chi connectivity index (χ4v) is 1.41. The number of hydrogen-bond acceptors (Lipinski definition) is 4. The molecule has 0 aromatic carbocycles. The van der Waals surface area contributed by atoms with Gasteiger partial charge in [-0.2, -0.15) is 0 Å². The van der Waals surface area contributed by atoms with Crippen LogP contribution in [-0.4, -0.2) is 29.6 Å². The number of pyridine rings is 1. The molecule has 0 radical (unpaired) electrons. The van der Waals surface area contributed by atoms with Gasteiger partial charge in [0.15, 0.2) is 0 Å². The molecule has 1 aromatic rings. The summed E-state index contributed by atoms with van der Waals surface area (Å²) in [4.78, 5) is 15.9. The molecule has 19 heavy (non-hydrogen) atoms. The Bertz CT molecular complexity index is 402. The van der Waals surface area contributed by atoms with Crippen LogP contribution in [0.4, 0.5) is 5.69 Å². The molecule has 1 aromatic heterocycles. The Morgan fingerprint density at radius 1 is 1.37 bits per heavy atom. The summed E-state index contributed by atoms with van der Waals surface area (Å²) >= 11 is 0. The molecule has 1 rings (SSSR count). The van der Waals surface area contributed by atoms with E-state index in [-0.39, 0.29) is 18.0 Å². The van der Waals surface area contributed by atoms with Gasteiger partial charge in [0, 0.05) is 11.6 Å². The minimum Gasteiger partial charge on any atom is -0.478 e. The fourth-order valence-electron chi connectivity index (χ4n) is 1.41. The average molecular weight is 265 g/mol. The third kappa shape index (κ3) is 5.59. The highest BCUT2D eigenvalue weighted by Gasteiger charge is 2.17. The van der Waals surface area contributed by atoms with Gasteiger partial charge in [-0.05, 0) is 33.3 Å². The average Bonchev–Trinajstić information content (AvgIpc) is 2.38. The first kappa shape index (κ1) is 15.3. The van der Waals surface area contributed by atoms with Gasteiger partial charge >= 0.3 is 0 Å². The minimum atomic E-state index is -0.171. The first-order chi connectivity index (χ1) is 8.96. The normalized spacial score (nSPS) is 10.9. The van der Waals surface area contributed by atoms with E-state index in [0.717, 1.165) is 12.1 Å². The van der Waals surface area contributed by atoms with Crippen LogP contribution in [0.25, 0.3) is 0 Å². The summed E-state index contributed by atoms with van der Waals surface area (Å²) < 4.78 is 5.25. The van der Waals surface area contributed by atoms with Crippen molar-refractivity contribution in [3.63, 3.8) is 0 Å². The van der Waals surface area contributed by atoms with Gasteiger partial charge < -0.3 is 15.4 Å². The van der Waals surface area contributed by atoms with Crippen molar-refractivity contribution < 1.29 is 9.53 Å². The number of carbonyl (C=O) groups excluding carboxylic acids is 1. The quantitative estimate of drug-likeness (QED) is 0.793. The molecule has 1 heterocycles. The van der Waals surface area contributed by atoms with E-state index in [1.807, 2.05) is 33.8 Å². The summed E-state index contributed by atoms with van der Waals surface area (Å²) in [5, 5.41) is 5.99. The Hall–Kier alpha value is -1.78. The van der Waals surface area contributed by atoms with Crippen LogP contribution in [0.2, 0.25) is 0 Å². The first-order valence-corrected chi connectivity index (χ1v) is 6.60. The number of ether oxygens (including phenoxy) is 1. The summed E-state index contributed by atoms with van der Waals surface area (Å²) in [7, 11) is 0. The summed E-state index contributed by atoms with van der Waals surface area (Å²) in [6.07, 6.45) is 2.55. The Morgan fingerprint density at radius 3 is 2.63 bits per heavy atom. The zero-order valence-electron chi connectivity index (χ0n) is 12.1. The standard InChI is InChI=1S/C14H23N3O2/c1-5-14(3,4)17-12(18)10-15-11-7-8-13(16-9-11)19-6-2/h7-9,15H,5-6,10H2,1-4H3,(H,17,18). The highest BCUT2D eigenvalue weighted by atomic mass is 16.5. The number of carbonyl (C=O) groups is 1. The van der Waals surface area contributed by atoms with E-state index >= 15 is 0 Å². The third-order valence-electron chi connectivity index (χ3n) is 2.84. The van der Waals surface area contributed by atoms with Crippen LogP contribution in [-0.2, 0) is 4.79 Å². The van der Waals surface area contributed by atoms with Crippen molar-refractivity contribution in [2.75, 3.05) is 18.5 Å². The van der Waals surface area contributed by atoms with Crippen molar-refractivity contribution in [2.45, 2.75) is 39.7 Å². The maximum Gasteiger partial charge on any atom is 0.239 e. The number of aromatic nitrogens is 1. The molecule has 0 saturated heterocycles. The maximum absolute atomic E-state index is 11.7. The smallest absolute Gasteiger partial charge is 0.239 e. The van der Waals surface area contributed by atoms with Gasteiger partial charge in [0.2, 0.25) is 11.8 Å². The summed E-state index contributed by atoms with van der Waals surface area (Å²) in [6, 6.07) is 3.62. The van der Waals surface area contributed by atoms with E-state index in [4.69, 9.17) is 4.74 Å². The van der Waals surface area contributed by atoms with E-state index in [1.165, 1.54) is 0 Å². The van der Waals surface area contributed by atoms with Gasteiger partial charge in [-0.1, -0.05) is 6.92 Å². The minimum absolute atomic E-state index is 0.0271. The van der Waals surface area contributed by atoms with Gasteiger partial charge in [-0.25, -0.2) is 4.98 Å². The van der Waals surface area contributed by atoms with E-state index in [2.05, 4.69) is 15.6 Å². The Balaban J connectivity index is 2.42. The highest BCUT2D eigenvalue weighted by Crippen LogP contribution is 2.11. The largest absolute Gasteiger partial charge is 0.478 e. The molecule has 5 nitrogen and oxygen atoms in total. The van der Waals surface area contributed by atoms with E-state index in [1.54, 1.807) is 12.3 Å². The Morgan fingerprint density at radius 2 is 2.11 bits per heavy atom. The molecule has 0 spiro atoms. The van der Waals surface area contributed by atoms with Crippen molar-refractivity contribution in [1.82, 2.24) is 10.3 Å². The van der Waals surface area contributed by atoms with Crippen molar-refractivity contribution in [3.8, 4) is 5.88 Å². The molecule has 2 N–H and O–H groups in total. The van der Waals surface area contributed by atoms with Gasteiger partial charge in [0.25, 0.3) is 0 Å². The maximum atomic E-state index is 11.7. The first-order valence-electron chi connectivity index (χ1n) is 6.60. The molecule has 5 heteroatoms. The lowest BCUT2D eigenvalue weighted by Crippen LogP contribution is -2.45. The molecule has 0 saturated carbocycles. The predicted octanol–water partition coefficient (Wildman–Crippen LogP) is 2.20. The zero-order valence-corrected chi connectivity index (χ0v) is 12.1. The second-order valence-corrected chi connectivity index (χ2v) is 4.96. The monoisotopic (exact) mass is 265 g/mol. The third-order valence-corrected chi connectivity index (χ3v) is 2.84. The lowest BCUT2D eigenvalue weighted by atomic mass is 10.0. The van der Waals surface area contributed by atoms with Gasteiger partial charge in [0.05, 0.1) is 25.0 Å². The molecule has 0 bridgehead atoms. The van der Waals surface area contributed by atoms with Crippen LogP contribution in [0.15, 0.2) is 18.3 Å². The van der Waals surface area contributed by atoms with Crippen LogP contribution in [0.5, 0.6) is 5.88 Å². The second kappa shape index (κ2) is 6.97. The van der Waals surface area contributed by atoms with Gasteiger partial charge in [-0.3, -0.25) is 4.79 Å². The van der Waals surface area contributed by atoms with Crippen LogP contribution >= 0.6 is 0 Å². The highest BCUT2D eigenvalue weighted by molar-refractivity contribution is 5.81. The lowest BCUT2D eigenvalue weighted by molar-refractivity contribution is -0.121. The number of amides is 1. The second-order valence-electron chi connectivity index (χ2n) is 4.96.